The van der Waals surface area contributed by atoms with Crippen LogP contribution in [0.4, 0.5) is 28.9 Å². The second-order valence-electron chi connectivity index (χ2n) is 8.94. The third kappa shape index (κ3) is 4.63. The Labute approximate surface area is 208 Å². The van der Waals surface area contributed by atoms with Gasteiger partial charge in [0.05, 0.1) is 23.7 Å². The van der Waals surface area contributed by atoms with E-state index in [1.807, 2.05) is 23.1 Å². The first kappa shape index (κ1) is 24.7. The Morgan fingerprint density at radius 1 is 1.08 bits per heavy atom. The summed E-state index contributed by atoms with van der Waals surface area (Å²) in [5, 5.41) is 8.98. The van der Waals surface area contributed by atoms with E-state index in [2.05, 4.69) is 4.74 Å². The molecule has 196 valence electrons. The van der Waals surface area contributed by atoms with Crippen molar-refractivity contribution in [1.82, 2.24) is 4.57 Å². The summed E-state index contributed by atoms with van der Waals surface area (Å²) in [7, 11) is 1.54. The van der Waals surface area contributed by atoms with Crippen molar-refractivity contribution in [3.63, 3.8) is 0 Å². The molecule has 1 aliphatic heterocycles. The van der Waals surface area contributed by atoms with Crippen molar-refractivity contribution in [3.05, 3.63) is 58.1 Å². The number of piperazine rings is 1. The van der Waals surface area contributed by atoms with Crippen LogP contribution in [-0.2, 0) is 0 Å². The molecule has 12 heteroatoms. The van der Waals surface area contributed by atoms with E-state index in [0.717, 1.165) is 18.0 Å². The highest BCUT2D eigenvalue weighted by Crippen LogP contribution is 2.45. The van der Waals surface area contributed by atoms with Gasteiger partial charge in [-0.05, 0) is 31.0 Å². The van der Waals surface area contributed by atoms with Crippen molar-refractivity contribution in [1.29, 1.82) is 0 Å². The summed E-state index contributed by atoms with van der Waals surface area (Å²) < 4.78 is 67.4. The van der Waals surface area contributed by atoms with E-state index in [4.69, 9.17) is 4.74 Å². The van der Waals surface area contributed by atoms with Crippen molar-refractivity contribution in [3.8, 4) is 11.5 Å². The molecule has 0 spiro atoms. The lowest BCUT2D eigenvalue weighted by Crippen LogP contribution is -2.47. The molecule has 37 heavy (non-hydrogen) atoms. The number of halogens is 4. The number of ether oxygens (including phenoxy) is 2. The van der Waals surface area contributed by atoms with Gasteiger partial charge < -0.3 is 28.9 Å². The first-order valence-corrected chi connectivity index (χ1v) is 11.6. The molecule has 0 unspecified atom stereocenters. The normalized spacial score (nSPS) is 16.2. The van der Waals surface area contributed by atoms with Gasteiger partial charge in [0.2, 0.25) is 5.43 Å². The molecule has 2 aliphatic rings. The van der Waals surface area contributed by atoms with E-state index in [1.54, 1.807) is 6.07 Å². The maximum Gasteiger partial charge on any atom is 0.573 e. The topological polar surface area (TPSA) is 84.2 Å². The lowest BCUT2D eigenvalue weighted by atomic mass is 10.1. The van der Waals surface area contributed by atoms with Crippen molar-refractivity contribution in [2.75, 3.05) is 43.1 Å². The Morgan fingerprint density at radius 2 is 1.73 bits per heavy atom. The third-order valence-electron chi connectivity index (χ3n) is 6.61. The van der Waals surface area contributed by atoms with Crippen molar-refractivity contribution < 1.29 is 36.9 Å². The summed E-state index contributed by atoms with van der Waals surface area (Å²) >= 11 is 0. The fraction of sp³-hybridized carbons (Fsp3) is 0.360. The molecule has 0 bridgehead atoms. The highest BCUT2D eigenvalue weighted by Gasteiger charge is 2.38. The van der Waals surface area contributed by atoms with Gasteiger partial charge in [0.25, 0.3) is 0 Å². The first-order chi connectivity index (χ1) is 17.6. The van der Waals surface area contributed by atoms with Crippen molar-refractivity contribution in [2.45, 2.75) is 25.2 Å². The number of carboxylic acids is 1. The maximum absolute atomic E-state index is 15.5. The van der Waals surface area contributed by atoms with Crippen LogP contribution in [0.3, 0.4) is 0 Å². The number of carbonyl (C=O) groups is 1. The monoisotopic (exact) mass is 521 g/mol. The van der Waals surface area contributed by atoms with E-state index in [0.29, 0.717) is 31.7 Å². The lowest BCUT2D eigenvalue weighted by molar-refractivity contribution is -0.274. The van der Waals surface area contributed by atoms with Crippen LogP contribution in [0, 0.1) is 5.82 Å². The minimum Gasteiger partial charge on any atom is -0.495 e. The summed E-state index contributed by atoms with van der Waals surface area (Å²) in [6.45, 7) is 1.04. The van der Waals surface area contributed by atoms with E-state index in [9.17, 15) is 27.9 Å². The average Bonchev–Trinajstić information content (AvgIpc) is 3.69. The molecular formula is C25H23F4N3O5. The summed E-state index contributed by atoms with van der Waals surface area (Å²) in [6, 6.07) is 7.80. The molecule has 8 nitrogen and oxygen atoms in total. The molecule has 3 aromatic rings. The van der Waals surface area contributed by atoms with Crippen molar-refractivity contribution in [2.24, 2.45) is 0 Å². The number of pyridine rings is 1. The second kappa shape index (κ2) is 9.16. The Hall–Kier alpha value is -3.96. The van der Waals surface area contributed by atoms with Crippen LogP contribution in [0.1, 0.15) is 29.2 Å². The van der Waals surface area contributed by atoms with Gasteiger partial charge in [-0.3, -0.25) is 4.79 Å². The first-order valence-electron chi connectivity index (χ1n) is 11.6. The van der Waals surface area contributed by atoms with Gasteiger partial charge in [0.15, 0.2) is 11.6 Å². The zero-order valence-electron chi connectivity index (χ0n) is 19.7. The number of alkyl halides is 3. The van der Waals surface area contributed by atoms with Crippen LogP contribution in [-0.4, -0.2) is 55.3 Å². The summed E-state index contributed by atoms with van der Waals surface area (Å²) in [5.74, 6) is -2.85. The number of hydrogen-bond acceptors (Lipinski definition) is 6. The number of aromatic carboxylic acids is 1. The smallest absolute Gasteiger partial charge is 0.495 e. The molecule has 0 amide bonds. The molecule has 1 saturated heterocycles. The predicted octanol–water partition coefficient (Wildman–Crippen LogP) is 4.41. The molecule has 5 rings (SSSR count). The van der Waals surface area contributed by atoms with Gasteiger partial charge in [-0.25, -0.2) is 9.18 Å². The molecular weight excluding hydrogens is 498 g/mol. The summed E-state index contributed by atoms with van der Waals surface area (Å²) in [5.41, 5.74) is -1.59. The number of nitrogens with zero attached hydrogens (tertiary/aromatic N) is 3. The number of anilines is 2. The van der Waals surface area contributed by atoms with Gasteiger partial charge in [0.1, 0.15) is 17.0 Å². The van der Waals surface area contributed by atoms with Crippen LogP contribution in [0.15, 0.2) is 41.3 Å². The van der Waals surface area contributed by atoms with Crippen LogP contribution in [0.2, 0.25) is 0 Å². The fourth-order valence-electron chi connectivity index (χ4n) is 4.81. The number of hydrogen-bond donors (Lipinski definition) is 1. The molecule has 1 saturated carbocycles. The Bertz CT molecular complexity index is 1430. The van der Waals surface area contributed by atoms with Gasteiger partial charge in [0, 0.05) is 38.4 Å². The lowest BCUT2D eigenvalue weighted by Gasteiger charge is -2.38. The van der Waals surface area contributed by atoms with E-state index in [1.165, 1.54) is 16.6 Å². The number of benzene rings is 2. The summed E-state index contributed by atoms with van der Waals surface area (Å²) in [4.78, 5) is 27.9. The standard InChI is InChI=1S/C25H23F4N3O5/c1-36-19-5-3-2-4-18(19)30-8-10-31(11-9-30)21-17(26)12-15-20(23(21)37-25(27,28)29)32(14-6-7-14)13-16(22(15)33)24(34)35/h2-5,12-14H,6-11H2,1H3,(H,34,35). The zero-order valence-corrected chi connectivity index (χ0v) is 19.7. The number of carboxylic acid groups (broad SMARTS) is 1. The quantitative estimate of drug-likeness (QED) is 0.481. The minimum atomic E-state index is -5.18. The Balaban J connectivity index is 1.62. The van der Waals surface area contributed by atoms with Crippen LogP contribution < -0.4 is 24.7 Å². The predicted molar refractivity (Wildman–Crippen MR) is 127 cm³/mol. The number of aromatic nitrogens is 1. The molecule has 0 atom stereocenters. The number of methoxy groups -OCH3 is 1. The minimum absolute atomic E-state index is 0.162. The molecule has 1 N–H and O–H groups in total. The van der Waals surface area contributed by atoms with E-state index < -0.39 is 46.0 Å². The van der Waals surface area contributed by atoms with Crippen molar-refractivity contribution >= 4 is 28.2 Å². The van der Waals surface area contributed by atoms with E-state index in [-0.39, 0.29) is 24.6 Å². The molecule has 2 aromatic carbocycles. The van der Waals surface area contributed by atoms with Gasteiger partial charge in [-0.2, -0.15) is 0 Å². The zero-order chi connectivity index (χ0) is 26.5. The van der Waals surface area contributed by atoms with Crippen LogP contribution >= 0.6 is 0 Å². The molecule has 0 radical (unpaired) electrons. The molecule has 2 heterocycles. The van der Waals surface area contributed by atoms with Crippen LogP contribution in [0.25, 0.3) is 10.9 Å². The van der Waals surface area contributed by atoms with Gasteiger partial charge in [-0.1, -0.05) is 12.1 Å². The largest absolute Gasteiger partial charge is 0.573 e. The molecule has 2 fully saturated rings. The fourth-order valence-corrected chi connectivity index (χ4v) is 4.81. The highest BCUT2D eigenvalue weighted by atomic mass is 19.4. The third-order valence-corrected chi connectivity index (χ3v) is 6.61. The molecule has 1 aliphatic carbocycles. The Kier molecular flexibility index (Phi) is 6.12. The SMILES string of the molecule is COc1ccccc1N1CCN(c2c(F)cc3c(=O)c(C(=O)O)cn(C4CC4)c3c2OC(F)(F)F)CC1. The number of para-hydroxylation sites is 2. The second-order valence-corrected chi connectivity index (χ2v) is 8.94. The number of fused-ring (bicyclic) bond motifs is 1. The summed E-state index contributed by atoms with van der Waals surface area (Å²) in [6.07, 6.45) is -3.00. The van der Waals surface area contributed by atoms with Crippen LogP contribution in [0.5, 0.6) is 11.5 Å². The Morgan fingerprint density at radius 3 is 2.32 bits per heavy atom. The number of rotatable bonds is 6. The van der Waals surface area contributed by atoms with E-state index >= 15 is 4.39 Å². The van der Waals surface area contributed by atoms with Gasteiger partial charge in [-0.15, -0.1) is 13.2 Å². The molecule has 1 aromatic heterocycles. The maximum atomic E-state index is 15.5. The highest BCUT2D eigenvalue weighted by molar-refractivity contribution is 5.97. The van der Waals surface area contributed by atoms with Gasteiger partial charge >= 0.3 is 12.3 Å². The average molecular weight is 521 g/mol.